The van der Waals surface area contributed by atoms with Gasteiger partial charge in [0.2, 0.25) is 0 Å². The smallest absolute Gasteiger partial charge is 0.147 e. The van der Waals surface area contributed by atoms with E-state index in [2.05, 4.69) is 34.0 Å². The first-order valence-corrected chi connectivity index (χ1v) is 8.34. The number of aryl methyl sites for hydroxylation is 2. The molecular weight excluding hydrogens is 304 g/mol. The van der Waals surface area contributed by atoms with Crippen LogP contribution in [0.1, 0.15) is 22.0 Å². The van der Waals surface area contributed by atoms with Crippen molar-refractivity contribution in [2.45, 2.75) is 32.9 Å². The van der Waals surface area contributed by atoms with Gasteiger partial charge in [0.25, 0.3) is 0 Å². The summed E-state index contributed by atoms with van der Waals surface area (Å²) in [5.74, 6) is 0.897. The lowest BCUT2D eigenvalue weighted by atomic mass is 10.2. The Morgan fingerprint density at radius 1 is 1.48 bits per heavy atom. The van der Waals surface area contributed by atoms with Crippen LogP contribution in [0.2, 0.25) is 5.02 Å². The minimum absolute atomic E-state index is 0.477. The van der Waals surface area contributed by atoms with Gasteiger partial charge >= 0.3 is 0 Å². The van der Waals surface area contributed by atoms with E-state index in [9.17, 15) is 0 Å². The van der Waals surface area contributed by atoms with Crippen LogP contribution in [-0.4, -0.2) is 29.1 Å². The van der Waals surface area contributed by atoms with E-state index >= 15 is 0 Å². The molecule has 1 fully saturated rings. The van der Waals surface area contributed by atoms with Gasteiger partial charge in [0, 0.05) is 36.8 Å². The Labute approximate surface area is 134 Å². The van der Waals surface area contributed by atoms with Crippen molar-refractivity contribution >= 4 is 28.8 Å². The Bertz CT molecular complexity index is 628. The number of hydrogen-bond acceptors (Lipinski definition) is 5. The van der Waals surface area contributed by atoms with Gasteiger partial charge in [-0.3, -0.25) is 0 Å². The third kappa shape index (κ3) is 3.36. The van der Waals surface area contributed by atoms with Crippen LogP contribution in [-0.2, 0) is 6.54 Å². The van der Waals surface area contributed by atoms with Crippen LogP contribution in [0.4, 0.5) is 5.82 Å². The summed E-state index contributed by atoms with van der Waals surface area (Å²) in [4.78, 5) is 12.4. The molecule has 0 aromatic carbocycles. The van der Waals surface area contributed by atoms with E-state index in [4.69, 9.17) is 11.6 Å². The van der Waals surface area contributed by atoms with Crippen molar-refractivity contribution in [2.75, 3.05) is 18.0 Å². The predicted octanol–water partition coefficient (Wildman–Crippen LogP) is 3.18. The highest BCUT2D eigenvalue weighted by Gasteiger charge is 2.24. The molecule has 1 saturated heterocycles. The van der Waals surface area contributed by atoms with E-state index in [0.29, 0.717) is 6.04 Å². The number of aromatic nitrogens is 2. The Morgan fingerprint density at radius 3 is 3.05 bits per heavy atom. The molecule has 112 valence electrons. The van der Waals surface area contributed by atoms with E-state index < -0.39 is 0 Å². The number of pyridine rings is 1. The normalized spacial score (nSPS) is 18.4. The number of thiazole rings is 1. The first kappa shape index (κ1) is 14.8. The second kappa shape index (κ2) is 6.30. The second-order valence-electron chi connectivity index (χ2n) is 5.36. The average molecular weight is 323 g/mol. The zero-order valence-corrected chi connectivity index (χ0v) is 13.8. The van der Waals surface area contributed by atoms with Crippen molar-refractivity contribution in [3.63, 3.8) is 0 Å². The van der Waals surface area contributed by atoms with Crippen LogP contribution in [0, 0.1) is 13.8 Å². The lowest BCUT2D eigenvalue weighted by Gasteiger charge is -2.18. The van der Waals surface area contributed by atoms with Crippen molar-refractivity contribution < 1.29 is 0 Å². The van der Waals surface area contributed by atoms with E-state index in [1.165, 1.54) is 4.88 Å². The van der Waals surface area contributed by atoms with E-state index in [1.54, 1.807) is 17.5 Å². The molecule has 0 amide bonds. The van der Waals surface area contributed by atoms with Crippen LogP contribution >= 0.6 is 22.9 Å². The molecule has 3 heterocycles. The van der Waals surface area contributed by atoms with E-state index in [0.717, 1.165) is 47.6 Å². The monoisotopic (exact) mass is 322 g/mol. The second-order valence-corrected chi connectivity index (χ2v) is 7.06. The fraction of sp³-hybridized carbons (Fsp3) is 0.467. The third-order valence-electron chi connectivity index (χ3n) is 3.78. The third-order valence-corrected chi connectivity index (χ3v) is 5.15. The Morgan fingerprint density at radius 2 is 2.33 bits per heavy atom. The Balaban J connectivity index is 1.58. The van der Waals surface area contributed by atoms with Crippen LogP contribution in [0.5, 0.6) is 0 Å². The zero-order chi connectivity index (χ0) is 14.8. The molecule has 4 nitrogen and oxygen atoms in total. The first-order chi connectivity index (χ1) is 10.1. The number of nitrogens with one attached hydrogen (secondary N) is 1. The fourth-order valence-corrected chi connectivity index (χ4v) is 3.83. The molecule has 1 unspecified atom stereocenters. The number of halogens is 1. The summed E-state index contributed by atoms with van der Waals surface area (Å²) < 4.78 is 0. The maximum absolute atomic E-state index is 6.22. The van der Waals surface area contributed by atoms with Gasteiger partial charge in [-0.15, -0.1) is 11.3 Å². The molecule has 2 aromatic heterocycles. The molecule has 1 atom stereocenters. The molecule has 0 radical (unpaired) electrons. The lowest BCUT2D eigenvalue weighted by Crippen LogP contribution is -2.32. The molecule has 0 saturated carbocycles. The van der Waals surface area contributed by atoms with Crippen LogP contribution in [0.3, 0.4) is 0 Å². The summed E-state index contributed by atoms with van der Waals surface area (Å²) in [6, 6.07) is 4.24. The summed E-state index contributed by atoms with van der Waals surface area (Å²) >= 11 is 7.99. The number of hydrogen-bond donors (Lipinski definition) is 1. The highest BCUT2D eigenvalue weighted by Crippen LogP contribution is 2.26. The molecule has 1 aliphatic heterocycles. The van der Waals surface area contributed by atoms with Crippen molar-refractivity contribution in [3.8, 4) is 0 Å². The highest BCUT2D eigenvalue weighted by molar-refractivity contribution is 7.11. The van der Waals surface area contributed by atoms with Crippen molar-refractivity contribution in [1.82, 2.24) is 15.3 Å². The molecule has 6 heteroatoms. The Kier molecular flexibility index (Phi) is 4.42. The zero-order valence-electron chi connectivity index (χ0n) is 12.3. The van der Waals surface area contributed by atoms with Gasteiger partial charge < -0.3 is 10.2 Å². The summed E-state index contributed by atoms with van der Waals surface area (Å²) in [5.41, 5.74) is 1.15. The fourth-order valence-electron chi connectivity index (χ4n) is 2.70. The van der Waals surface area contributed by atoms with Crippen molar-refractivity contribution in [2.24, 2.45) is 0 Å². The average Bonchev–Trinajstić information content (AvgIpc) is 3.04. The minimum Gasteiger partial charge on any atom is -0.354 e. The van der Waals surface area contributed by atoms with Gasteiger partial charge in [-0.05, 0) is 32.4 Å². The number of nitrogens with zero attached hydrogens (tertiary/aromatic N) is 3. The molecular formula is C15H19ClN4S. The topological polar surface area (TPSA) is 41.1 Å². The molecule has 2 aromatic rings. The van der Waals surface area contributed by atoms with Gasteiger partial charge in [0.1, 0.15) is 5.82 Å². The van der Waals surface area contributed by atoms with E-state index in [1.807, 2.05) is 12.1 Å². The standard InChI is InChI=1S/C15H19ClN4S/c1-10-14(21-11(2)19-10)8-18-12-5-7-20(9-12)15-13(16)4-3-6-17-15/h3-4,6,12,18H,5,7-9H2,1-2H3. The molecule has 0 spiro atoms. The van der Waals surface area contributed by atoms with Gasteiger partial charge in [0.05, 0.1) is 15.7 Å². The maximum Gasteiger partial charge on any atom is 0.147 e. The van der Waals surface area contributed by atoms with Crippen LogP contribution in [0.25, 0.3) is 0 Å². The molecule has 0 bridgehead atoms. The van der Waals surface area contributed by atoms with Gasteiger partial charge in [-0.25, -0.2) is 9.97 Å². The SMILES string of the molecule is Cc1nc(C)c(CNC2CCN(c3ncccc3Cl)C2)s1. The quantitative estimate of drug-likeness (QED) is 0.938. The van der Waals surface area contributed by atoms with Crippen molar-refractivity contribution in [1.29, 1.82) is 0 Å². The molecule has 0 aliphatic carbocycles. The summed E-state index contributed by atoms with van der Waals surface area (Å²) in [7, 11) is 0. The van der Waals surface area contributed by atoms with E-state index in [-0.39, 0.29) is 0 Å². The number of anilines is 1. The van der Waals surface area contributed by atoms with Crippen LogP contribution < -0.4 is 10.2 Å². The predicted molar refractivity (Wildman–Crippen MR) is 88.3 cm³/mol. The van der Waals surface area contributed by atoms with Crippen molar-refractivity contribution in [3.05, 3.63) is 38.9 Å². The van der Waals surface area contributed by atoms with Gasteiger partial charge in [-0.1, -0.05) is 11.6 Å². The first-order valence-electron chi connectivity index (χ1n) is 7.15. The number of rotatable bonds is 4. The highest BCUT2D eigenvalue weighted by atomic mass is 35.5. The maximum atomic E-state index is 6.22. The summed E-state index contributed by atoms with van der Waals surface area (Å²) in [5, 5.41) is 5.49. The minimum atomic E-state index is 0.477. The summed E-state index contributed by atoms with van der Waals surface area (Å²) in [6.07, 6.45) is 2.91. The molecule has 1 N–H and O–H groups in total. The van der Waals surface area contributed by atoms with Crippen LogP contribution in [0.15, 0.2) is 18.3 Å². The van der Waals surface area contributed by atoms with Gasteiger partial charge in [-0.2, -0.15) is 0 Å². The molecule has 21 heavy (non-hydrogen) atoms. The Hall–Kier alpha value is -1.17. The lowest BCUT2D eigenvalue weighted by molar-refractivity contribution is 0.553. The molecule has 1 aliphatic rings. The molecule has 3 rings (SSSR count). The largest absolute Gasteiger partial charge is 0.354 e. The van der Waals surface area contributed by atoms with Gasteiger partial charge in [0.15, 0.2) is 0 Å². The summed E-state index contributed by atoms with van der Waals surface area (Å²) in [6.45, 7) is 6.98.